The van der Waals surface area contributed by atoms with E-state index >= 15 is 0 Å². The summed E-state index contributed by atoms with van der Waals surface area (Å²) in [6.07, 6.45) is 4.77. The Morgan fingerprint density at radius 3 is 2.28 bits per heavy atom. The van der Waals surface area contributed by atoms with Crippen LogP contribution >= 0.6 is 0 Å². The minimum Gasteiger partial charge on any atom is -0.491 e. The van der Waals surface area contributed by atoms with Gasteiger partial charge in [-0.1, -0.05) is 25.1 Å². The molecule has 2 aromatic heterocycles. The number of aromatic nitrogens is 6. The molecular weight excluding hydrogens is 789 g/mol. The van der Waals surface area contributed by atoms with Gasteiger partial charge in [-0.15, -0.1) is 0 Å². The Kier molecular flexibility index (Phi) is 12.2. The maximum atomic E-state index is 15.0. The zero-order valence-electron chi connectivity index (χ0n) is 33.8. The maximum Gasteiger partial charge on any atom is 0.355 e. The summed E-state index contributed by atoms with van der Waals surface area (Å²) in [6, 6.07) is 25.4. The highest BCUT2D eigenvalue weighted by Gasteiger charge is 2.46. The van der Waals surface area contributed by atoms with E-state index in [0.717, 1.165) is 50.0 Å². The highest BCUT2D eigenvalue weighted by Crippen LogP contribution is 2.38. The fourth-order valence-corrected chi connectivity index (χ4v) is 7.71. The van der Waals surface area contributed by atoms with E-state index in [4.69, 9.17) is 14.2 Å². The molecule has 17 heteroatoms. The number of rotatable bonds is 16. The van der Waals surface area contributed by atoms with E-state index in [1.54, 1.807) is 6.07 Å². The van der Waals surface area contributed by atoms with Crippen molar-refractivity contribution in [3.63, 3.8) is 0 Å². The first-order valence-corrected chi connectivity index (χ1v) is 20.3. The van der Waals surface area contributed by atoms with Gasteiger partial charge in [0.1, 0.15) is 61.7 Å². The SMILES string of the molecule is CCC(C)N[C@@H](Cc1ccccc1-n1ncn(-c2ccc(N3CCN(c4ccc(OCC5COC(Cn6cncn6)(c6ccc(F)cc6F)O5)cc4)CC3)cc2)c1=O)C(=O)O. The van der Waals surface area contributed by atoms with Crippen LogP contribution < -0.4 is 25.5 Å². The molecule has 0 radical (unpaired) electrons. The second-order valence-electron chi connectivity index (χ2n) is 15.2. The number of carboxylic acid groups (broad SMARTS) is 1. The highest BCUT2D eigenvalue weighted by molar-refractivity contribution is 5.74. The lowest BCUT2D eigenvalue weighted by Gasteiger charge is -2.37. The second-order valence-corrected chi connectivity index (χ2v) is 15.2. The van der Waals surface area contributed by atoms with Crippen LogP contribution in [-0.2, 0) is 33.0 Å². The molecule has 6 aromatic rings. The van der Waals surface area contributed by atoms with Crippen LogP contribution in [0.3, 0.4) is 0 Å². The molecule has 0 spiro atoms. The normalized spacial score (nSPS) is 18.9. The number of aliphatic carboxylic acids is 1. The number of hydrogen-bond donors (Lipinski definition) is 2. The van der Waals surface area contributed by atoms with E-state index in [1.807, 2.05) is 80.6 Å². The molecule has 2 N–H and O–H groups in total. The Morgan fingerprint density at radius 2 is 1.62 bits per heavy atom. The van der Waals surface area contributed by atoms with Gasteiger partial charge in [0.2, 0.25) is 5.79 Å². The lowest BCUT2D eigenvalue weighted by atomic mass is 10.0. The Hall–Kier alpha value is -6.43. The summed E-state index contributed by atoms with van der Waals surface area (Å²) in [5.41, 5.74) is 3.72. The molecule has 4 atom stereocenters. The first-order valence-electron chi connectivity index (χ1n) is 20.3. The number of nitrogens with zero attached hydrogens (tertiary/aromatic N) is 8. The summed E-state index contributed by atoms with van der Waals surface area (Å²) in [5.74, 6) is -3.33. The van der Waals surface area contributed by atoms with Gasteiger partial charge in [0, 0.05) is 61.6 Å². The Labute approximate surface area is 350 Å². The van der Waals surface area contributed by atoms with Gasteiger partial charge in [0.15, 0.2) is 0 Å². The number of nitrogens with one attached hydrogen (secondary N) is 1. The first-order chi connectivity index (χ1) is 29.6. The van der Waals surface area contributed by atoms with E-state index in [9.17, 15) is 23.5 Å². The predicted octanol–water partition coefficient (Wildman–Crippen LogP) is 4.95. The van der Waals surface area contributed by atoms with E-state index in [0.29, 0.717) is 22.7 Å². The molecule has 8 rings (SSSR count). The van der Waals surface area contributed by atoms with Gasteiger partial charge >= 0.3 is 11.7 Å². The molecule has 2 aliphatic heterocycles. The van der Waals surface area contributed by atoms with Crippen LogP contribution in [0.15, 0.2) is 115 Å². The number of para-hydroxylation sites is 1. The van der Waals surface area contributed by atoms with E-state index in [1.165, 1.54) is 45.0 Å². The van der Waals surface area contributed by atoms with Gasteiger partial charge < -0.3 is 34.4 Å². The third kappa shape index (κ3) is 9.18. The summed E-state index contributed by atoms with van der Waals surface area (Å²) in [4.78, 5) is 34.3. The van der Waals surface area contributed by atoms with Crippen LogP contribution in [0.25, 0.3) is 11.4 Å². The van der Waals surface area contributed by atoms with Crippen LogP contribution in [0, 0.1) is 11.6 Å². The summed E-state index contributed by atoms with van der Waals surface area (Å²) in [7, 11) is 0. The number of ether oxygens (including phenoxy) is 3. The van der Waals surface area contributed by atoms with Crippen molar-refractivity contribution in [2.75, 3.05) is 49.2 Å². The molecule has 15 nitrogen and oxygen atoms in total. The minimum atomic E-state index is -1.53. The molecule has 2 saturated heterocycles. The van der Waals surface area contributed by atoms with Crippen molar-refractivity contribution in [1.29, 1.82) is 0 Å². The number of piperazine rings is 1. The molecule has 4 aromatic carbocycles. The Morgan fingerprint density at radius 1 is 0.934 bits per heavy atom. The Bertz CT molecular complexity index is 2470. The number of benzene rings is 4. The van der Waals surface area contributed by atoms with Gasteiger partial charge in [-0.05, 0) is 85.6 Å². The zero-order chi connectivity index (χ0) is 42.5. The number of hydrogen-bond acceptors (Lipinski definition) is 11. The van der Waals surface area contributed by atoms with Crippen molar-refractivity contribution < 1.29 is 32.9 Å². The monoisotopic (exact) mass is 835 g/mol. The molecule has 0 aliphatic carbocycles. The quantitative estimate of drug-likeness (QED) is 0.136. The molecule has 318 valence electrons. The van der Waals surface area contributed by atoms with Crippen LogP contribution in [0.4, 0.5) is 20.2 Å². The molecule has 61 heavy (non-hydrogen) atoms. The minimum absolute atomic E-state index is 0.0145. The standard InChI is InChI=1S/C44H47F2N9O6/c1-3-30(2)50-40(42(56)57)22-31-6-4-5-7-41(31)55-43(58)54(29-49-55)35-11-9-33(10-12-35)51-18-20-52(21-19-51)34-13-15-36(16-14-34)59-24-37-25-60-44(61-37,26-53-28-47-27-48-53)38-17-8-32(45)23-39(38)46/h4-17,23,27-30,37,40,50H,3,18-22,24-26H2,1-2H3,(H,56,57)/t30?,37?,40-,44?/m0/s1. The van der Waals surface area contributed by atoms with Gasteiger partial charge in [0.05, 0.1) is 18.0 Å². The van der Waals surface area contributed by atoms with Crippen molar-refractivity contribution in [3.8, 4) is 17.1 Å². The van der Waals surface area contributed by atoms with Crippen LogP contribution in [0.1, 0.15) is 31.4 Å². The lowest BCUT2D eigenvalue weighted by Crippen LogP contribution is -2.46. The van der Waals surface area contributed by atoms with Crippen molar-refractivity contribution in [2.24, 2.45) is 0 Å². The van der Waals surface area contributed by atoms with Crippen molar-refractivity contribution >= 4 is 17.3 Å². The molecule has 0 bridgehead atoms. The van der Waals surface area contributed by atoms with E-state index < -0.39 is 35.5 Å². The fourth-order valence-electron chi connectivity index (χ4n) is 7.71. The summed E-state index contributed by atoms with van der Waals surface area (Å²) >= 11 is 0. The average molecular weight is 836 g/mol. The predicted molar refractivity (Wildman–Crippen MR) is 222 cm³/mol. The molecule has 2 fully saturated rings. The third-order valence-corrected chi connectivity index (χ3v) is 11.2. The number of carboxylic acids is 1. The molecule has 2 aliphatic rings. The van der Waals surface area contributed by atoms with Gasteiger partial charge in [-0.25, -0.2) is 27.8 Å². The molecule has 0 saturated carbocycles. The third-order valence-electron chi connectivity index (χ3n) is 11.2. The fraction of sp³-hybridized carbons (Fsp3) is 0.341. The number of anilines is 2. The molecular formula is C44H47F2N9O6. The molecule has 4 heterocycles. The number of halogens is 2. The van der Waals surface area contributed by atoms with Gasteiger partial charge in [-0.2, -0.15) is 14.9 Å². The number of carbonyl (C=O) groups is 1. The van der Waals surface area contributed by atoms with Crippen molar-refractivity contribution in [3.05, 3.63) is 143 Å². The van der Waals surface area contributed by atoms with Crippen molar-refractivity contribution in [1.82, 2.24) is 34.4 Å². The average Bonchev–Trinajstić information content (AvgIpc) is 4.04. The topological polar surface area (TPSA) is 154 Å². The maximum absolute atomic E-state index is 15.0. The van der Waals surface area contributed by atoms with Gasteiger partial charge in [0.25, 0.3) is 0 Å². The van der Waals surface area contributed by atoms with Crippen LogP contribution in [0.5, 0.6) is 5.75 Å². The largest absolute Gasteiger partial charge is 0.491 e. The van der Waals surface area contributed by atoms with E-state index in [2.05, 4.69) is 30.3 Å². The summed E-state index contributed by atoms with van der Waals surface area (Å²) < 4.78 is 51.3. The molecule has 3 unspecified atom stereocenters. The van der Waals surface area contributed by atoms with E-state index in [-0.39, 0.29) is 43.5 Å². The summed E-state index contributed by atoms with van der Waals surface area (Å²) in [5, 5.41) is 21.5. The summed E-state index contributed by atoms with van der Waals surface area (Å²) in [6.45, 7) is 7.41. The zero-order valence-corrected chi connectivity index (χ0v) is 33.8. The first kappa shape index (κ1) is 41.3. The Balaban J connectivity index is 0.850. The van der Waals surface area contributed by atoms with Crippen LogP contribution in [0.2, 0.25) is 0 Å². The van der Waals surface area contributed by atoms with Crippen molar-refractivity contribution in [2.45, 2.75) is 57.2 Å². The smallest absolute Gasteiger partial charge is 0.355 e. The highest BCUT2D eigenvalue weighted by atomic mass is 19.1. The second kappa shape index (κ2) is 18.0. The molecule has 0 amide bonds. The van der Waals surface area contributed by atoms with Crippen LogP contribution in [-0.4, -0.2) is 97.8 Å². The van der Waals surface area contributed by atoms with Gasteiger partial charge in [-0.3, -0.25) is 4.79 Å². The lowest BCUT2D eigenvalue weighted by molar-refractivity contribution is -0.192.